The van der Waals surface area contributed by atoms with Crippen molar-refractivity contribution in [2.24, 2.45) is 0 Å². The molecular formula is C13H15F3N2O3. The number of carboxylic acids is 1. The monoisotopic (exact) mass is 304 g/mol. The van der Waals surface area contributed by atoms with E-state index in [-0.39, 0.29) is 6.54 Å². The Labute approximate surface area is 119 Å². The van der Waals surface area contributed by atoms with Crippen LogP contribution in [0.15, 0.2) is 24.3 Å². The fourth-order valence-corrected chi connectivity index (χ4v) is 1.50. The van der Waals surface area contributed by atoms with Crippen LogP contribution in [0, 0.1) is 6.92 Å². The number of aryl methyl sites for hydroxylation is 1. The molecule has 8 heteroatoms. The predicted molar refractivity (Wildman–Crippen MR) is 68.6 cm³/mol. The van der Waals surface area contributed by atoms with Crippen molar-refractivity contribution in [3.05, 3.63) is 35.4 Å². The second-order valence-corrected chi connectivity index (χ2v) is 4.66. The van der Waals surface area contributed by atoms with Gasteiger partial charge in [0.15, 0.2) is 0 Å². The average molecular weight is 304 g/mol. The van der Waals surface area contributed by atoms with E-state index >= 15 is 0 Å². The summed E-state index contributed by atoms with van der Waals surface area (Å²) in [5, 5.41) is 12.3. The van der Waals surface area contributed by atoms with Crippen molar-refractivity contribution in [1.29, 1.82) is 0 Å². The third-order valence-corrected chi connectivity index (χ3v) is 3.06. The number of halogens is 3. The van der Waals surface area contributed by atoms with Crippen molar-refractivity contribution >= 4 is 12.0 Å². The highest BCUT2D eigenvalue weighted by Crippen LogP contribution is 2.30. The summed E-state index contributed by atoms with van der Waals surface area (Å²) in [6, 6.07) is 5.78. The van der Waals surface area contributed by atoms with Gasteiger partial charge in [-0.1, -0.05) is 24.3 Å². The van der Waals surface area contributed by atoms with Crippen LogP contribution in [0.4, 0.5) is 18.0 Å². The number of hydrogen-bond acceptors (Lipinski definition) is 2. The third kappa shape index (κ3) is 3.87. The molecule has 0 saturated heterocycles. The van der Waals surface area contributed by atoms with Crippen molar-refractivity contribution in [2.45, 2.75) is 32.1 Å². The summed E-state index contributed by atoms with van der Waals surface area (Å²) in [5.74, 6) is -2.18. The summed E-state index contributed by atoms with van der Waals surface area (Å²) in [6.45, 7) is 2.17. The first-order valence-electron chi connectivity index (χ1n) is 5.98. The minimum absolute atomic E-state index is 0.00787. The molecule has 0 aliphatic heterocycles. The molecule has 3 N–H and O–H groups in total. The Morgan fingerprint density at radius 3 is 2.29 bits per heavy atom. The van der Waals surface area contributed by atoms with Gasteiger partial charge in [0.25, 0.3) is 0 Å². The van der Waals surface area contributed by atoms with E-state index in [1.807, 2.05) is 0 Å². The van der Waals surface area contributed by atoms with E-state index in [0.29, 0.717) is 6.92 Å². The molecule has 21 heavy (non-hydrogen) atoms. The molecule has 0 aliphatic rings. The van der Waals surface area contributed by atoms with E-state index < -0.39 is 23.7 Å². The molecule has 1 aromatic rings. The van der Waals surface area contributed by atoms with E-state index in [1.165, 1.54) is 5.32 Å². The zero-order valence-corrected chi connectivity index (χ0v) is 11.4. The average Bonchev–Trinajstić information content (AvgIpc) is 2.36. The molecule has 0 saturated carbocycles. The first kappa shape index (κ1) is 16.8. The second-order valence-electron chi connectivity index (χ2n) is 4.66. The molecule has 5 nitrogen and oxygen atoms in total. The SMILES string of the molecule is Cc1ccccc1CNC(=O)NC(C)(C(=O)O)C(F)(F)F. The molecular weight excluding hydrogens is 289 g/mol. The van der Waals surface area contributed by atoms with Gasteiger partial charge in [-0.2, -0.15) is 13.2 Å². The third-order valence-electron chi connectivity index (χ3n) is 3.06. The zero-order valence-electron chi connectivity index (χ0n) is 11.4. The number of benzene rings is 1. The van der Waals surface area contributed by atoms with Gasteiger partial charge in [0.1, 0.15) is 0 Å². The standard InChI is InChI=1S/C13H15F3N2O3/c1-8-5-3-4-6-9(8)7-17-11(21)18-12(2,10(19)20)13(14,15)16/h3-6H,7H2,1-2H3,(H,19,20)(H2,17,18,21). The molecule has 0 bridgehead atoms. The Balaban J connectivity index is 2.73. The minimum Gasteiger partial charge on any atom is -0.479 e. The summed E-state index contributed by atoms with van der Waals surface area (Å²) in [6.07, 6.45) is -5.11. The number of nitrogens with one attached hydrogen (secondary N) is 2. The van der Waals surface area contributed by atoms with Gasteiger partial charge in [0.2, 0.25) is 5.54 Å². The summed E-state index contributed by atoms with van der Waals surface area (Å²) in [5.41, 5.74) is -1.77. The van der Waals surface area contributed by atoms with Crippen LogP contribution in [0.2, 0.25) is 0 Å². The molecule has 0 heterocycles. The van der Waals surface area contributed by atoms with Crippen LogP contribution in [0.3, 0.4) is 0 Å². The van der Waals surface area contributed by atoms with E-state index in [0.717, 1.165) is 11.1 Å². The first-order valence-corrected chi connectivity index (χ1v) is 5.98. The summed E-state index contributed by atoms with van der Waals surface area (Å²) in [4.78, 5) is 22.3. The van der Waals surface area contributed by atoms with E-state index in [1.54, 1.807) is 31.2 Å². The molecule has 1 rings (SSSR count). The number of hydrogen-bond donors (Lipinski definition) is 3. The second kappa shape index (κ2) is 6.02. The Morgan fingerprint density at radius 2 is 1.81 bits per heavy atom. The maximum absolute atomic E-state index is 12.7. The van der Waals surface area contributed by atoms with Gasteiger partial charge >= 0.3 is 18.2 Å². The highest BCUT2D eigenvalue weighted by atomic mass is 19.4. The van der Waals surface area contributed by atoms with Gasteiger partial charge in [0.05, 0.1) is 0 Å². The minimum atomic E-state index is -5.11. The zero-order chi connectivity index (χ0) is 16.3. The van der Waals surface area contributed by atoms with Crippen molar-refractivity contribution in [3.8, 4) is 0 Å². The number of aliphatic carboxylic acids is 1. The fraction of sp³-hybridized carbons (Fsp3) is 0.385. The molecule has 0 aliphatic carbocycles. The lowest BCUT2D eigenvalue weighted by molar-refractivity contribution is -0.203. The van der Waals surface area contributed by atoms with Crippen molar-refractivity contribution in [2.75, 3.05) is 0 Å². The lowest BCUT2D eigenvalue weighted by Crippen LogP contribution is -2.63. The lowest BCUT2D eigenvalue weighted by Gasteiger charge is -2.28. The van der Waals surface area contributed by atoms with Crippen LogP contribution >= 0.6 is 0 Å². The van der Waals surface area contributed by atoms with E-state index in [4.69, 9.17) is 5.11 Å². The van der Waals surface area contributed by atoms with Crippen LogP contribution in [-0.2, 0) is 11.3 Å². The molecule has 1 atom stereocenters. The number of carbonyl (C=O) groups excluding carboxylic acids is 1. The summed E-state index contributed by atoms with van der Waals surface area (Å²) >= 11 is 0. The van der Waals surface area contributed by atoms with E-state index in [9.17, 15) is 22.8 Å². The molecule has 1 aromatic carbocycles. The van der Waals surface area contributed by atoms with Crippen LogP contribution in [-0.4, -0.2) is 28.8 Å². The summed E-state index contributed by atoms with van der Waals surface area (Å²) < 4.78 is 38.2. The molecule has 0 fully saturated rings. The van der Waals surface area contributed by atoms with Crippen LogP contribution in [0.5, 0.6) is 0 Å². The van der Waals surface area contributed by atoms with Crippen molar-refractivity contribution < 1.29 is 27.9 Å². The quantitative estimate of drug-likeness (QED) is 0.798. The Kier molecular flexibility index (Phi) is 4.82. The maximum Gasteiger partial charge on any atom is 0.422 e. The number of amides is 2. The maximum atomic E-state index is 12.7. The van der Waals surface area contributed by atoms with Gasteiger partial charge in [-0.15, -0.1) is 0 Å². The Bertz CT molecular complexity index is 546. The van der Waals surface area contributed by atoms with Gasteiger partial charge in [-0.05, 0) is 25.0 Å². The molecule has 2 amide bonds. The number of urea groups is 1. The van der Waals surface area contributed by atoms with Crippen LogP contribution in [0.1, 0.15) is 18.1 Å². The largest absolute Gasteiger partial charge is 0.479 e. The number of carbonyl (C=O) groups is 2. The van der Waals surface area contributed by atoms with Gasteiger partial charge in [-0.3, -0.25) is 0 Å². The first-order chi connectivity index (χ1) is 9.58. The van der Waals surface area contributed by atoms with Crippen LogP contribution < -0.4 is 10.6 Å². The number of alkyl halides is 3. The molecule has 0 spiro atoms. The van der Waals surface area contributed by atoms with Gasteiger partial charge in [-0.25, -0.2) is 9.59 Å². The smallest absolute Gasteiger partial charge is 0.422 e. The van der Waals surface area contributed by atoms with Gasteiger partial charge < -0.3 is 15.7 Å². The summed E-state index contributed by atoms with van der Waals surface area (Å²) in [7, 11) is 0. The number of rotatable bonds is 4. The highest BCUT2D eigenvalue weighted by Gasteiger charge is 2.58. The van der Waals surface area contributed by atoms with E-state index in [2.05, 4.69) is 5.32 Å². The lowest BCUT2D eigenvalue weighted by atomic mass is 10.0. The van der Waals surface area contributed by atoms with Crippen molar-refractivity contribution in [1.82, 2.24) is 10.6 Å². The number of carboxylic acid groups (broad SMARTS) is 1. The Hall–Kier alpha value is -2.25. The topological polar surface area (TPSA) is 78.4 Å². The molecule has 116 valence electrons. The normalized spacial score (nSPS) is 14.1. The van der Waals surface area contributed by atoms with Crippen LogP contribution in [0.25, 0.3) is 0 Å². The Morgan fingerprint density at radius 1 is 1.24 bits per heavy atom. The molecule has 1 unspecified atom stereocenters. The molecule has 0 aromatic heterocycles. The highest BCUT2D eigenvalue weighted by molar-refractivity contribution is 5.86. The van der Waals surface area contributed by atoms with Gasteiger partial charge in [0, 0.05) is 6.54 Å². The fourth-order valence-electron chi connectivity index (χ4n) is 1.50. The molecule has 0 radical (unpaired) electrons. The van der Waals surface area contributed by atoms with Crippen molar-refractivity contribution in [3.63, 3.8) is 0 Å². The predicted octanol–water partition coefficient (Wildman–Crippen LogP) is 2.20.